The minimum Gasteiger partial charge on any atom is -0.369 e. The molecule has 0 fully saturated rings. The fourth-order valence-electron chi connectivity index (χ4n) is 2.38. The molecule has 0 aromatic carbocycles. The Morgan fingerprint density at radius 2 is 1.86 bits per heavy atom. The van der Waals surface area contributed by atoms with Gasteiger partial charge in [0.2, 0.25) is 5.96 Å². The van der Waals surface area contributed by atoms with E-state index in [2.05, 4.69) is 37.1 Å². The Labute approximate surface area is 130 Å². The second-order valence-electron chi connectivity index (χ2n) is 5.78. The van der Waals surface area contributed by atoms with Crippen LogP contribution in [-0.2, 0) is 0 Å². The molecule has 0 heterocycles. The van der Waals surface area contributed by atoms with Gasteiger partial charge in [-0.2, -0.15) is 5.10 Å². The lowest BCUT2D eigenvalue weighted by molar-refractivity contribution is -0.969. The summed E-state index contributed by atoms with van der Waals surface area (Å²) in [5.74, 6) is -0.0175. The van der Waals surface area contributed by atoms with Crippen LogP contribution in [-0.4, -0.2) is 27.2 Å². The summed E-state index contributed by atoms with van der Waals surface area (Å²) in [5, 5.41) is 20.1. The molecule has 0 spiro atoms. The van der Waals surface area contributed by atoms with E-state index in [1.54, 1.807) is 0 Å². The van der Waals surface area contributed by atoms with Crippen LogP contribution in [0.1, 0.15) is 47.0 Å². The molecule has 0 atom stereocenters. The van der Waals surface area contributed by atoms with Crippen LogP contribution in [0.5, 0.6) is 0 Å². The molecule has 0 aromatic heterocycles. The van der Waals surface area contributed by atoms with Gasteiger partial charge in [-0.3, -0.25) is 0 Å². The Kier molecular flexibility index (Phi) is 7.85. The molecular weight excluding hydrogens is 286 g/mol. The number of guanidine groups is 1. The molecular formula is C14H26N5O3+. The van der Waals surface area contributed by atoms with Gasteiger partial charge in [0.05, 0.1) is 5.71 Å². The third kappa shape index (κ3) is 8.03. The van der Waals surface area contributed by atoms with E-state index < -0.39 is 5.09 Å². The summed E-state index contributed by atoms with van der Waals surface area (Å²) in [4.78, 5) is 8.47. The lowest BCUT2D eigenvalue weighted by Crippen LogP contribution is -2.22. The molecule has 8 nitrogen and oxygen atoms in total. The van der Waals surface area contributed by atoms with Crippen LogP contribution in [0.3, 0.4) is 0 Å². The van der Waals surface area contributed by atoms with Gasteiger partial charge in [-0.15, -0.1) is 5.10 Å². The van der Waals surface area contributed by atoms with E-state index in [9.17, 15) is 0 Å². The first-order chi connectivity index (χ1) is 10.1. The normalized spacial score (nSPS) is 17.7. The molecule has 0 radical (unpaired) electrons. The molecule has 0 amide bonds. The maximum absolute atomic E-state index is 8.47. The topological polar surface area (TPSA) is 137 Å². The molecule has 1 aliphatic rings. The molecule has 1 rings (SSSR count). The third-order valence-electron chi connectivity index (χ3n) is 3.36. The summed E-state index contributed by atoms with van der Waals surface area (Å²) in [6, 6.07) is 0. The van der Waals surface area contributed by atoms with E-state index in [1.165, 1.54) is 30.4 Å². The predicted molar refractivity (Wildman–Crippen MR) is 85.6 cm³/mol. The van der Waals surface area contributed by atoms with Gasteiger partial charge in [-0.1, -0.05) is 25.5 Å². The molecule has 0 bridgehead atoms. The van der Waals surface area contributed by atoms with Gasteiger partial charge < -0.3 is 11.5 Å². The minimum absolute atomic E-state index is 0.0175. The van der Waals surface area contributed by atoms with Gasteiger partial charge in [0.1, 0.15) is 4.91 Å². The summed E-state index contributed by atoms with van der Waals surface area (Å²) in [6.45, 7) is 8.67. The number of nitrogens with two attached hydrogens (primary N) is 2. The van der Waals surface area contributed by atoms with Crippen molar-refractivity contribution in [2.24, 2.45) is 27.1 Å². The Balaban J connectivity index is 0.000000980. The van der Waals surface area contributed by atoms with Gasteiger partial charge >= 0.3 is 5.09 Å². The van der Waals surface area contributed by atoms with Crippen molar-refractivity contribution in [2.45, 2.75) is 47.0 Å². The Hall–Kier alpha value is -2.38. The Morgan fingerprint density at radius 1 is 1.32 bits per heavy atom. The first-order valence-electron chi connectivity index (χ1n) is 6.92. The molecule has 0 unspecified atom stereocenters. The summed E-state index contributed by atoms with van der Waals surface area (Å²) in [7, 11) is 0. The van der Waals surface area contributed by atoms with Gasteiger partial charge in [-0.25, -0.2) is 10.4 Å². The Morgan fingerprint density at radius 3 is 2.32 bits per heavy atom. The van der Waals surface area contributed by atoms with Crippen LogP contribution in [0.4, 0.5) is 0 Å². The molecule has 124 valence electrons. The van der Waals surface area contributed by atoms with E-state index >= 15 is 0 Å². The first kappa shape index (κ1) is 19.6. The van der Waals surface area contributed by atoms with Crippen LogP contribution in [0.2, 0.25) is 0 Å². The van der Waals surface area contributed by atoms with Crippen molar-refractivity contribution >= 4 is 11.7 Å². The standard InChI is InChI=1S/C14H24N4.H2NO3/c1-10-6-5-9-14(3,4)12(10)8-7-11(2)17-18-13(15)16;2-1(3)4/h7-8H,5-6,9H2,1-4H3,(H4,15,16,18);(H2,2,3,4)/q;+1/b8-7+,17-11+;. The third-order valence-corrected chi connectivity index (χ3v) is 3.36. The molecule has 6 N–H and O–H groups in total. The molecule has 0 saturated heterocycles. The van der Waals surface area contributed by atoms with Gasteiger partial charge in [0, 0.05) is 0 Å². The molecule has 1 aliphatic carbocycles. The molecule has 0 aliphatic heterocycles. The van der Waals surface area contributed by atoms with Crippen molar-refractivity contribution in [3.05, 3.63) is 28.2 Å². The fraction of sp³-hybridized carbons (Fsp3) is 0.571. The highest BCUT2D eigenvalue weighted by molar-refractivity contribution is 5.93. The van der Waals surface area contributed by atoms with Crippen molar-refractivity contribution in [3.8, 4) is 0 Å². The van der Waals surface area contributed by atoms with E-state index in [0.29, 0.717) is 0 Å². The number of rotatable bonds is 3. The predicted octanol–water partition coefficient (Wildman–Crippen LogP) is 2.26. The van der Waals surface area contributed by atoms with E-state index in [1.807, 2.05) is 13.0 Å². The van der Waals surface area contributed by atoms with Gasteiger partial charge in [-0.05, 0) is 50.2 Å². The van der Waals surface area contributed by atoms with E-state index in [0.717, 1.165) is 5.71 Å². The quantitative estimate of drug-likeness (QED) is 0.360. The van der Waals surface area contributed by atoms with Crippen LogP contribution in [0.15, 0.2) is 33.5 Å². The molecule has 0 aromatic rings. The van der Waals surface area contributed by atoms with Crippen LogP contribution < -0.4 is 11.5 Å². The van der Waals surface area contributed by atoms with Crippen LogP contribution >= 0.6 is 0 Å². The van der Waals surface area contributed by atoms with Crippen LogP contribution in [0.25, 0.3) is 0 Å². The number of hydrogen-bond donors (Lipinski definition) is 4. The highest BCUT2D eigenvalue weighted by atomic mass is 16.9. The van der Waals surface area contributed by atoms with E-state index in [4.69, 9.17) is 26.8 Å². The SMILES string of the molecule is CC1=C(/C=C/C(C)=N/N=C(N)N)C(C)(C)CCC1.O=[N+](O)O. The fourth-order valence-corrected chi connectivity index (χ4v) is 2.38. The van der Waals surface area contributed by atoms with Crippen LogP contribution in [0, 0.1) is 10.3 Å². The van der Waals surface area contributed by atoms with E-state index in [-0.39, 0.29) is 11.4 Å². The summed E-state index contributed by atoms with van der Waals surface area (Å²) in [5.41, 5.74) is 14.4. The number of hydrogen-bond acceptors (Lipinski definition) is 3. The second-order valence-corrected chi connectivity index (χ2v) is 5.78. The van der Waals surface area contributed by atoms with Gasteiger partial charge in [0.25, 0.3) is 0 Å². The molecule has 0 saturated carbocycles. The smallest absolute Gasteiger partial charge is 0.369 e. The zero-order valence-electron chi connectivity index (χ0n) is 13.6. The molecule has 22 heavy (non-hydrogen) atoms. The average molecular weight is 312 g/mol. The largest absolute Gasteiger partial charge is 0.472 e. The summed E-state index contributed by atoms with van der Waals surface area (Å²) in [6.07, 6.45) is 7.81. The average Bonchev–Trinajstić information content (AvgIpc) is 2.34. The number of nitrogens with zero attached hydrogens (tertiary/aromatic N) is 3. The minimum atomic E-state index is -1.25. The van der Waals surface area contributed by atoms with Crippen molar-refractivity contribution in [1.29, 1.82) is 0 Å². The summed E-state index contributed by atoms with van der Waals surface area (Å²) < 4.78 is 0. The highest BCUT2D eigenvalue weighted by Gasteiger charge is 2.26. The Bertz CT molecular complexity index is 511. The van der Waals surface area contributed by atoms with Crippen molar-refractivity contribution in [1.82, 2.24) is 0 Å². The highest BCUT2D eigenvalue weighted by Crippen LogP contribution is 2.40. The zero-order chi connectivity index (χ0) is 17.3. The van der Waals surface area contributed by atoms with Crippen molar-refractivity contribution < 1.29 is 15.5 Å². The maximum atomic E-state index is 8.47. The number of allylic oxidation sites excluding steroid dienone is 4. The maximum Gasteiger partial charge on any atom is 0.472 e. The lowest BCUT2D eigenvalue weighted by Gasteiger charge is -2.32. The van der Waals surface area contributed by atoms with Crippen molar-refractivity contribution in [3.63, 3.8) is 0 Å². The van der Waals surface area contributed by atoms with Crippen molar-refractivity contribution in [2.75, 3.05) is 0 Å². The van der Waals surface area contributed by atoms with Gasteiger partial charge in [0.15, 0.2) is 0 Å². The zero-order valence-corrected chi connectivity index (χ0v) is 13.6. The second kappa shape index (κ2) is 8.81. The first-order valence-corrected chi connectivity index (χ1v) is 6.92. The monoisotopic (exact) mass is 312 g/mol. The summed E-state index contributed by atoms with van der Waals surface area (Å²) >= 11 is 0. The lowest BCUT2D eigenvalue weighted by atomic mass is 9.72. The molecule has 8 heteroatoms.